The molecular weight excluding hydrogens is 334 g/mol. The summed E-state index contributed by atoms with van der Waals surface area (Å²) in [5, 5.41) is 0. The molecule has 1 unspecified atom stereocenters. The molecule has 0 bridgehead atoms. The molecule has 0 aromatic heterocycles. The molecule has 0 radical (unpaired) electrons. The van der Waals surface area contributed by atoms with Crippen LogP contribution in [0.15, 0.2) is 24.3 Å². The second-order valence-corrected chi connectivity index (χ2v) is 8.23. The minimum absolute atomic E-state index is 0. The first-order valence-corrected chi connectivity index (χ1v) is 9.53. The van der Waals surface area contributed by atoms with Crippen molar-refractivity contribution in [2.24, 2.45) is 11.7 Å². The minimum atomic E-state index is -3.35. The lowest BCUT2D eigenvalue weighted by molar-refractivity contribution is 0.237. The Morgan fingerprint density at radius 1 is 1.13 bits per heavy atom. The van der Waals surface area contributed by atoms with Crippen LogP contribution in [0, 0.1) is 5.92 Å². The predicted octanol–water partition coefficient (Wildman–Crippen LogP) is 1.77. The maximum atomic E-state index is 12.9. The topological polar surface area (TPSA) is 66.6 Å². The Labute approximate surface area is 145 Å². The van der Waals surface area contributed by atoms with Gasteiger partial charge in [0.25, 0.3) is 10.2 Å². The summed E-state index contributed by atoms with van der Waals surface area (Å²) >= 11 is 0. The summed E-state index contributed by atoms with van der Waals surface area (Å²) in [6, 6.07) is 8.13. The summed E-state index contributed by atoms with van der Waals surface area (Å²) < 4.78 is 29.2. The number of nitrogens with zero attached hydrogens (tertiary/aromatic N) is 2. The molecule has 7 heteroatoms. The smallest absolute Gasteiger partial charge is 0.282 e. The molecule has 23 heavy (non-hydrogen) atoms. The van der Waals surface area contributed by atoms with Crippen molar-refractivity contribution in [1.29, 1.82) is 0 Å². The van der Waals surface area contributed by atoms with Gasteiger partial charge in [-0.15, -0.1) is 12.4 Å². The lowest BCUT2D eigenvalue weighted by Crippen LogP contribution is -2.49. The summed E-state index contributed by atoms with van der Waals surface area (Å²) in [6.07, 6.45) is 3.74. The number of piperidine rings is 1. The Kier molecular flexibility index (Phi) is 6.45. The molecule has 1 aromatic rings. The zero-order valence-electron chi connectivity index (χ0n) is 13.4. The van der Waals surface area contributed by atoms with E-state index in [9.17, 15) is 8.42 Å². The number of fused-ring (bicyclic) bond motifs is 1. The third-order valence-electron chi connectivity index (χ3n) is 4.80. The fourth-order valence-electron chi connectivity index (χ4n) is 3.54. The summed E-state index contributed by atoms with van der Waals surface area (Å²) in [5.41, 5.74) is 8.04. The standard InChI is InChI=1S/C16H25N3O2S.ClH/c17-9-7-14-4-3-10-18(12-14)22(20,21)19-11-8-15-5-1-2-6-16(15)13-19;/h1-2,5-6,14H,3-4,7-13,17H2;1H. The van der Waals surface area contributed by atoms with Crippen LogP contribution in [0.1, 0.15) is 30.4 Å². The molecule has 1 atom stereocenters. The van der Waals surface area contributed by atoms with E-state index in [0.29, 0.717) is 38.6 Å². The van der Waals surface area contributed by atoms with Crippen molar-refractivity contribution in [3.63, 3.8) is 0 Å². The van der Waals surface area contributed by atoms with Crippen LogP contribution in [-0.4, -0.2) is 43.2 Å². The third kappa shape index (κ3) is 4.06. The van der Waals surface area contributed by atoms with E-state index in [-0.39, 0.29) is 12.4 Å². The number of halogens is 1. The highest BCUT2D eigenvalue weighted by Gasteiger charge is 2.34. The summed E-state index contributed by atoms with van der Waals surface area (Å²) in [4.78, 5) is 0. The zero-order valence-corrected chi connectivity index (χ0v) is 15.0. The van der Waals surface area contributed by atoms with Crippen molar-refractivity contribution in [1.82, 2.24) is 8.61 Å². The minimum Gasteiger partial charge on any atom is -0.330 e. The largest absolute Gasteiger partial charge is 0.330 e. The molecule has 5 nitrogen and oxygen atoms in total. The predicted molar refractivity (Wildman–Crippen MR) is 94.7 cm³/mol. The van der Waals surface area contributed by atoms with Crippen molar-refractivity contribution in [3.8, 4) is 0 Å². The highest BCUT2D eigenvalue weighted by molar-refractivity contribution is 7.86. The van der Waals surface area contributed by atoms with E-state index in [4.69, 9.17) is 5.73 Å². The van der Waals surface area contributed by atoms with Crippen LogP contribution >= 0.6 is 12.4 Å². The molecule has 2 aliphatic rings. The van der Waals surface area contributed by atoms with Crippen LogP contribution in [0.2, 0.25) is 0 Å². The summed E-state index contributed by atoms with van der Waals surface area (Å²) in [7, 11) is -3.35. The zero-order chi connectivity index (χ0) is 15.6. The van der Waals surface area contributed by atoms with Gasteiger partial charge in [-0.25, -0.2) is 0 Å². The number of rotatable bonds is 4. The SMILES string of the molecule is Cl.NCCC1CCCN(S(=O)(=O)N2CCc3ccccc3C2)C1. The Morgan fingerprint density at radius 2 is 1.87 bits per heavy atom. The first-order chi connectivity index (χ1) is 10.6. The number of hydrogen-bond acceptors (Lipinski definition) is 3. The normalized spacial score (nSPS) is 23.1. The van der Waals surface area contributed by atoms with Crippen molar-refractivity contribution in [2.75, 3.05) is 26.2 Å². The molecule has 1 saturated heterocycles. The molecule has 2 heterocycles. The molecule has 3 rings (SSSR count). The van der Waals surface area contributed by atoms with E-state index in [1.54, 1.807) is 8.61 Å². The second kappa shape index (κ2) is 7.94. The Balaban J connectivity index is 0.00000192. The van der Waals surface area contributed by atoms with Gasteiger partial charge in [-0.2, -0.15) is 17.0 Å². The van der Waals surface area contributed by atoms with Gasteiger partial charge in [-0.05, 0) is 49.3 Å². The Hall–Kier alpha value is -0.660. The Morgan fingerprint density at radius 3 is 2.61 bits per heavy atom. The average molecular weight is 360 g/mol. The van der Waals surface area contributed by atoms with E-state index >= 15 is 0 Å². The fraction of sp³-hybridized carbons (Fsp3) is 0.625. The van der Waals surface area contributed by atoms with Gasteiger partial charge < -0.3 is 5.73 Å². The van der Waals surface area contributed by atoms with Crippen LogP contribution in [0.4, 0.5) is 0 Å². The monoisotopic (exact) mass is 359 g/mol. The lowest BCUT2D eigenvalue weighted by Gasteiger charge is -2.37. The quantitative estimate of drug-likeness (QED) is 0.890. The summed E-state index contributed by atoms with van der Waals surface area (Å²) in [6.45, 7) is 2.98. The highest BCUT2D eigenvalue weighted by Crippen LogP contribution is 2.26. The molecule has 0 spiro atoms. The van der Waals surface area contributed by atoms with Crippen LogP contribution in [0.25, 0.3) is 0 Å². The van der Waals surface area contributed by atoms with Crippen molar-refractivity contribution >= 4 is 22.6 Å². The molecule has 130 valence electrons. The molecule has 0 amide bonds. The van der Waals surface area contributed by atoms with Gasteiger partial charge in [0.2, 0.25) is 0 Å². The summed E-state index contributed by atoms with van der Waals surface area (Å²) in [5.74, 6) is 0.408. The molecule has 0 saturated carbocycles. The van der Waals surface area contributed by atoms with Gasteiger partial charge in [0, 0.05) is 26.2 Å². The molecule has 0 aliphatic carbocycles. The van der Waals surface area contributed by atoms with Crippen molar-refractivity contribution in [2.45, 2.75) is 32.2 Å². The molecule has 2 N–H and O–H groups in total. The number of benzene rings is 1. The first-order valence-electron chi connectivity index (χ1n) is 8.13. The van der Waals surface area contributed by atoms with Gasteiger partial charge >= 0.3 is 0 Å². The second-order valence-electron chi connectivity index (χ2n) is 6.30. The van der Waals surface area contributed by atoms with Crippen LogP contribution in [-0.2, 0) is 23.2 Å². The van der Waals surface area contributed by atoms with Gasteiger partial charge in [0.1, 0.15) is 0 Å². The fourth-order valence-corrected chi connectivity index (χ4v) is 5.25. The molecule has 2 aliphatic heterocycles. The van der Waals surface area contributed by atoms with Crippen molar-refractivity contribution in [3.05, 3.63) is 35.4 Å². The van der Waals surface area contributed by atoms with Gasteiger partial charge in [-0.1, -0.05) is 24.3 Å². The Bertz CT molecular complexity index is 622. The highest BCUT2D eigenvalue weighted by atomic mass is 35.5. The molecule has 1 aromatic carbocycles. The maximum absolute atomic E-state index is 12.9. The lowest BCUT2D eigenvalue weighted by atomic mass is 9.96. The van der Waals surface area contributed by atoms with Gasteiger partial charge in [-0.3, -0.25) is 0 Å². The van der Waals surface area contributed by atoms with Crippen LogP contribution in [0.5, 0.6) is 0 Å². The number of nitrogens with two attached hydrogens (primary N) is 1. The van der Waals surface area contributed by atoms with E-state index in [2.05, 4.69) is 6.07 Å². The molecular formula is C16H26ClN3O2S. The average Bonchev–Trinajstić information content (AvgIpc) is 2.55. The van der Waals surface area contributed by atoms with Crippen molar-refractivity contribution < 1.29 is 8.42 Å². The first kappa shape index (κ1) is 18.7. The van der Waals surface area contributed by atoms with Crippen LogP contribution in [0.3, 0.4) is 0 Å². The van der Waals surface area contributed by atoms with Crippen LogP contribution < -0.4 is 5.73 Å². The van der Waals surface area contributed by atoms with E-state index in [0.717, 1.165) is 31.2 Å². The third-order valence-corrected chi connectivity index (χ3v) is 6.75. The maximum Gasteiger partial charge on any atom is 0.282 e. The van der Waals surface area contributed by atoms with E-state index in [1.807, 2.05) is 18.2 Å². The van der Waals surface area contributed by atoms with E-state index in [1.165, 1.54) is 5.56 Å². The van der Waals surface area contributed by atoms with E-state index < -0.39 is 10.2 Å². The molecule has 1 fully saturated rings. The number of hydrogen-bond donors (Lipinski definition) is 1. The van der Waals surface area contributed by atoms with Gasteiger partial charge in [0.15, 0.2) is 0 Å². The van der Waals surface area contributed by atoms with Gasteiger partial charge in [0.05, 0.1) is 0 Å².